The average Bonchev–Trinajstić information content (AvgIpc) is 2.97. The van der Waals surface area contributed by atoms with Crippen LogP contribution in [0.25, 0.3) is 11.1 Å². The number of sulfonamides is 1. The molecule has 0 spiro atoms. The van der Waals surface area contributed by atoms with E-state index in [2.05, 4.69) is 9.88 Å². The number of benzene rings is 2. The molecule has 0 aliphatic rings. The molecule has 0 saturated carbocycles. The predicted octanol–water partition coefficient (Wildman–Crippen LogP) is 3.90. The quantitative estimate of drug-likeness (QED) is 0.763. The van der Waals surface area contributed by atoms with E-state index in [1.165, 1.54) is 6.20 Å². The first-order chi connectivity index (χ1) is 11.4. The Morgan fingerprint density at radius 1 is 1.04 bits per heavy atom. The van der Waals surface area contributed by atoms with Gasteiger partial charge in [0.1, 0.15) is 0 Å². The average molecular weight is 342 g/mol. The second-order valence-corrected chi connectivity index (χ2v) is 7.44. The largest absolute Gasteiger partial charge is 0.337 e. The van der Waals surface area contributed by atoms with Crippen molar-refractivity contribution >= 4 is 15.9 Å². The normalized spacial score (nSPS) is 11.4. The summed E-state index contributed by atoms with van der Waals surface area (Å²) in [7, 11) is -3.60. The highest BCUT2D eigenvalue weighted by molar-refractivity contribution is 7.91. The molecule has 0 amide bonds. The minimum Gasteiger partial charge on any atom is -0.337 e. The maximum Gasteiger partial charge on any atom is 0.245 e. The highest BCUT2D eigenvalue weighted by atomic mass is 32.2. The van der Waals surface area contributed by atoms with Gasteiger partial charge in [0.25, 0.3) is 0 Å². The molecule has 0 aliphatic carbocycles. The lowest BCUT2D eigenvalue weighted by atomic mass is 10.1. The number of hydrogen-bond acceptors (Lipinski definition) is 4. The number of aryl methyl sites for hydroxylation is 2. The van der Waals surface area contributed by atoms with Gasteiger partial charge in [-0.2, -0.15) is 0 Å². The second-order valence-electron chi connectivity index (χ2n) is 5.72. The Balaban J connectivity index is 1.85. The summed E-state index contributed by atoms with van der Waals surface area (Å²) in [4.78, 5) is 0. The van der Waals surface area contributed by atoms with E-state index in [1.54, 1.807) is 6.07 Å². The van der Waals surface area contributed by atoms with Crippen molar-refractivity contribution in [3.05, 3.63) is 71.4 Å². The van der Waals surface area contributed by atoms with Crippen LogP contribution in [0, 0.1) is 13.8 Å². The van der Waals surface area contributed by atoms with Gasteiger partial charge in [-0.1, -0.05) is 59.3 Å². The van der Waals surface area contributed by atoms with E-state index in [0.717, 1.165) is 22.3 Å². The zero-order chi connectivity index (χ0) is 17.2. The zero-order valence-corrected chi connectivity index (χ0v) is 14.3. The van der Waals surface area contributed by atoms with E-state index in [9.17, 15) is 8.42 Å². The van der Waals surface area contributed by atoms with Gasteiger partial charge in [0.2, 0.25) is 15.9 Å². The van der Waals surface area contributed by atoms with Gasteiger partial charge in [-0.15, -0.1) is 0 Å². The zero-order valence-electron chi connectivity index (χ0n) is 13.5. The molecular weight excluding hydrogens is 324 g/mol. The van der Waals surface area contributed by atoms with Crippen LogP contribution in [-0.4, -0.2) is 13.6 Å². The first-order valence-corrected chi connectivity index (χ1v) is 9.16. The third kappa shape index (κ3) is 3.65. The first kappa shape index (κ1) is 16.3. The SMILES string of the molecule is Cc1ccc(-c2cnoc2NS(=O)(=O)Cc2ccccc2C)cc1. The summed E-state index contributed by atoms with van der Waals surface area (Å²) in [6.07, 6.45) is 1.51. The molecule has 0 unspecified atom stereocenters. The fraction of sp³-hybridized carbons (Fsp3) is 0.167. The first-order valence-electron chi connectivity index (χ1n) is 7.51. The van der Waals surface area contributed by atoms with Crippen molar-refractivity contribution in [2.24, 2.45) is 0 Å². The van der Waals surface area contributed by atoms with Crippen LogP contribution in [0.2, 0.25) is 0 Å². The van der Waals surface area contributed by atoms with Gasteiger partial charge >= 0.3 is 0 Å². The molecule has 1 aromatic heterocycles. The van der Waals surface area contributed by atoms with Crippen LogP contribution in [0.15, 0.2) is 59.3 Å². The summed E-state index contributed by atoms with van der Waals surface area (Å²) >= 11 is 0. The third-order valence-electron chi connectivity index (χ3n) is 3.79. The Hall–Kier alpha value is -2.60. The maximum atomic E-state index is 12.5. The van der Waals surface area contributed by atoms with Crippen molar-refractivity contribution in [2.45, 2.75) is 19.6 Å². The molecule has 5 nitrogen and oxygen atoms in total. The van der Waals surface area contributed by atoms with Crippen molar-refractivity contribution < 1.29 is 12.9 Å². The van der Waals surface area contributed by atoms with Crippen LogP contribution < -0.4 is 4.72 Å². The molecular formula is C18H18N2O3S. The lowest BCUT2D eigenvalue weighted by Gasteiger charge is -2.09. The summed E-state index contributed by atoms with van der Waals surface area (Å²) in [5.74, 6) is 0.0145. The summed E-state index contributed by atoms with van der Waals surface area (Å²) < 4.78 is 32.5. The van der Waals surface area contributed by atoms with Crippen molar-refractivity contribution in [3.63, 3.8) is 0 Å². The van der Waals surface area contributed by atoms with Crippen molar-refractivity contribution in [3.8, 4) is 11.1 Å². The fourth-order valence-corrected chi connectivity index (χ4v) is 3.64. The highest BCUT2D eigenvalue weighted by Gasteiger charge is 2.19. The Labute approximate surface area is 141 Å². The summed E-state index contributed by atoms with van der Waals surface area (Å²) in [5, 5.41) is 3.73. The van der Waals surface area contributed by atoms with Gasteiger partial charge in [0.15, 0.2) is 0 Å². The van der Waals surface area contributed by atoms with Gasteiger partial charge in [0.05, 0.1) is 17.5 Å². The lowest BCUT2D eigenvalue weighted by molar-refractivity contribution is 0.435. The van der Waals surface area contributed by atoms with Gasteiger partial charge in [0, 0.05) is 0 Å². The van der Waals surface area contributed by atoms with E-state index < -0.39 is 10.0 Å². The lowest BCUT2D eigenvalue weighted by Crippen LogP contribution is -2.15. The number of nitrogens with zero attached hydrogens (tertiary/aromatic N) is 1. The number of aromatic nitrogens is 1. The smallest absolute Gasteiger partial charge is 0.245 e. The van der Waals surface area contributed by atoms with E-state index in [0.29, 0.717) is 5.56 Å². The van der Waals surface area contributed by atoms with E-state index in [4.69, 9.17) is 4.52 Å². The number of rotatable bonds is 5. The molecule has 124 valence electrons. The molecule has 0 aliphatic heterocycles. The predicted molar refractivity (Wildman–Crippen MR) is 94.1 cm³/mol. The molecule has 24 heavy (non-hydrogen) atoms. The number of anilines is 1. The summed E-state index contributed by atoms with van der Waals surface area (Å²) in [5.41, 5.74) is 4.26. The van der Waals surface area contributed by atoms with Crippen molar-refractivity contribution in [2.75, 3.05) is 4.72 Å². The third-order valence-corrected chi connectivity index (χ3v) is 4.98. The molecule has 0 radical (unpaired) electrons. The van der Waals surface area contributed by atoms with Gasteiger partial charge in [-0.3, -0.25) is 4.72 Å². The topological polar surface area (TPSA) is 72.2 Å². The monoisotopic (exact) mass is 342 g/mol. The molecule has 1 heterocycles. The second kappa shape index (κ2) is 6.49. The number of hydrogen-bond donors (Lipinski definition) is 1. The van der Waals surface area contributed by atoms with Crippen LogP contribution in [0.1, 0.15) is 16.7 Å². The van der Waals surface area contributed by atoms with E-state index in [1.807, 2.05) is 56.3 Å². The Morgan fingerprint density at radius 3 is 2.46 bits per heavy atom. The van der Waals surface area contributed by atoms with Gasteiger partial charge < -0.3 is 4.52 Å². The maximum absolute atomic E-state index is 12.5. The standard InChI is InChI=1S/C18H18N2O3S/c1-13-7-9-15(10-8-13)17-11-19-23-18(17)20-24(21,22)12-16-6-4-3-5-14(16)2/h3-11,20H,12H2,1-2H3. The molecule has 0 atom stereocenters. The van der Waals surface area contributed by atoms with Crippen LogP contribution in [0.5, 0.6) is 0 Å². The molecule has 3 rings (SSSR count). The molecule has 2 aromatic carbocycles. The van der Waals surface area contributed by atoms with Gasteiger partial charge in [-0.25, -0.2) is 8.42 Å². The molecule has 0 fully saturated rings. The Bertz CT molecular complexity index is 944. The molecule has 1 N–H and O–H groups in total. The van der Waals surface area contributed by atoms with E-state index >= 15 is 0 Å². The minimum atomic E-state index is -3.60. The van der Waals surface area contributed by atoms with Crippen molar-refractivity contribution in [1.82, 2.24) is 5.16 Å². The Kier molecular flexibility index (Phi) is 4.40. The van der Waals surface area contributed by atoms with Crippen molar-refractivity contribution in [1.29, 1.82) is 0 Å². The molecule has 0 saturated heterocycles. The molecule has 3 aromatic rings. The summed E-state index contributed by atoms with van der Waals surface area (Å²) in [6, 6.07) is 15.1. The van der Waals surface area contributed by atoms with Gasteiger partial charge in [-0.05, 0) is 30.5 Å². The molecule has 6 heteroatoms. The van der Waals surface area contributed by atoms with Crippen LogP contribution in [0.4, 0.5) is 5.88 Å². The highest BCUT2D eigenvalue weighted by Crippen LogP contribution is 2.29. The van der Waals surface area contributed by atoms with Crippen LogP contribution in [-0.2, 0) is 15.8 Å². The Morgan fingerprint density at radius 2 is 1.75 bits per heavy atom. The molecule has 0 bridgehead atoms. The number of nitrogens with one attached hydrogen (secondary N) is 1. The van der Waals surface area contributed by atoms with Crippen LogP contribution in [0.3, 0.4) is 0 Å². The van der Waals surface area contributed by atoms with E-state index in [-0.39, 0.29) is 11.6 Å². The minimum absolute atomic E-state index is 0.117. The summed E-state index contributed by atoms with van der Waals surface area (Å²) in [6.45, 7) is 3.88. The fourth-order valence-electron chi connectivity index (χ4n) is 2.41. The van der Waals surface area contributed by atoms with Crippen LogP contribution >= 0.6 is 0 Å².